The quantitative estimate of drug-likeness (QED) is 0.783. The first-order chi connectivity index (χ1) is 10.2. The lowest BCUT2D eigenvalue weighted by molar-refractivity contribution is -0.0500. The lowest BCUT2D eigenvalue weighted by Gasteiger charge is -2.07. The van der Waals surface area contributed by atoms with Crippen LogP contribution in [0.4, 0.5) is 14.6 Å². The molecule has 3 rings (SSSR count). The number of ether oxygens (including phenoxy) is 1. The van der Waals surface area contributed by atoms with Crippen molar-refractivity contribution in [1.29, 1.82) is 0 Å². The monoisotopic (exact) mass is 308 g/mol. The van der Waals surface area contributed by atoms with Gasteiger partial charge in [-0.25, -0.2) is 9.97 Å². The highest BCUT2D eigenvalue weighted by Crippen LogP contribution is 2.24. The number of nitrogens with one attached hydrogen (secondary N) is 1. The van der Waals surface area contributed by atoms with Gasteiger partial charge in [0.15, 0.2) is 0 Å². The smallest absolute Gasteiger partial charge is 0.387 e. The first kappa shape index (κ1) is 13.6. The molecule has 0 amide bonds. The van der Waals surface area contributed by atoms with E-state index in [1.54, 1.807) is 6.07 Å². The van der Waals surface area contributed by atoms with Gasteiger partial charge in [0, 0.05) is 0 Å². The topological polar surface area (TPSA) is 59.9 Å². The Labute approximate surface area is 122 Å². The average molecular weight is 308 g/mol. The van der Waals surface area contributed by atoms with Gasteiger partial charge in [0.25, 0.3) is 0 Å². The molecule has 8 heteroatoms. The number of aromatic nitrogens is 3. The maximum absolute atomic E-state index is 12.0. The standard InChI is InChI=1S/C13H10F2N4OS/c14-13(15)20-9-2-1-8(16-6-9)5-17-11-10-3-4-21-12(10)19-7-18-11/h1-4,6-7,13H,5H2,(H,17,18,19). The van der Waals surface area contributed by atoms with Crippen LogP contribution in [0.1, 0.15) is 5.69 Å². The van der Waals surface area contributed by atoms with Crippen molar-refractivity contribution in [1.82, 2.24) is 15.0 Å². The molecule has 0 spiro atoms. The number of nitrogens with zero attached hydrogens (tertiary/aromatic N) is 3. The van der Waals surface area contributed by atoms with Gasteiger partial charge in [0.2, 0.25) is 0 Å². The summed E-state index contributed by atoms with van der Waals surface area (Å²) in [6, 6.07) is 5.02. The second-order valence-corrected chi connectivity index (χ2v) is 4.97. The van der Waals surface area contributed by atoms with Gasteiger partial charge >= 0.3 is 6.61 Å². The van der Waals surface area contributed by atoms with E-state index in [0.29, 0.717) is 12.2 Å². The van der Waals surface area contributed by atoms with Crippen LogP contribution in [-0.2, 0) is 6.54 Å². The van der Waals surface area contributed by atoms with E-state index in [1.807, 2.05) is 11.4 Å². The van der Waals surface area contributed by atoms with E-state index in [1.165, 1.54) is 29.9 Å². The van der Waals surface area contributed by atoms with Gasteiger partial charge in [-0.2, -0.15) is 8.78 Å². The molecule has 0 aromatic carbocycles. The second-order valence-electron chi connectivity index (χ2n) is 4.08. The Morgan fingerprint density at radius 1 is 1.19 bits per heavy atom. The number of thiophene rings is 1. The summed E-state index contributed by atoms with van der Waals surface area (Å²) in [6.07, 6.45) is 2.76. The van der Waals surface area contributed by atoms with Crippen molar-refractivity contribution in [3.63, 3.8) is 0 Å². The SMILES string of the molecule is FC(F)Oc1ccc(CNc2ncnc3sccc23)nc1. The van der Waals surface area contributed by atoms with Crippen LogP contribution < -0.4 is 10.1 Å². The first-order valence-electron chi connectivity index (χ1n) is 6.04. The van der Waals surface area contributed by atoms with Crippen molar-refractivity contribution in [3.05, 3.63) is 41.8 Å². The Morgan fingerprint density at radius 2 is 2.10 bits per heavy atom. The molecule has 5 nitrogen and oxygen atoms in total. The largest absolute Gasteiger partial charge is 0.433 e. The number of anilines is 1. The number of hydrogen-bond donors (Lipinski definition) is 1. The molecule has 0 aliphatic rings. The molecule has 0 bridgehead atoms. The van der Waals surface area contributed by atoms with Crippen molar-refractivity contribution < 1.29 is 13.5 Å². The van der Waals surface area contributed by atoms with Crippen molar-refractivity contribution in [2.75, 3.05) is 5.32 Å². The molecule has 0 radical (unpaired) electrons. The predicted molar refractivity (Wildman–Crippen MR) is 75.6 cm³/mol. The number of rotatable bonds is 5. The number of pyridine rings is 1. The predicted octanol–water partition coefficient (Wildman–Crippen LogP) is 3.30. The Kier molecular flexibility index (Phi) is 3.87. The maximum Gasteiger partial charge on any atom is 0.387 e. The highest BCUT2D eigenvalue weighted by Gasteiger charge is 2.06. The fourth-order valence-corrected chi connectivity index (χ4v) is 2.53. The summed E-state index contributed by atoms with van der Waals surface area (Å²) in [7, 11) is 0. The molecule has 0 atom stereocenters. The number of hydrogen-bond acceptors (Lipinski definition) is 6. The van der Waals surface area contributed by atoms with E-state index in [9.17, 15) is 8.78 Å². The van der Waals surface area contributed by atoms with Crippen LogP contribution in [0, 0.1) is 0 Å². The minimum Gasteiger partial charge on any atom is -0.433 e. The Hall–Kier alpha value is -2.35. The van der Waals surface area contributed by atoms with Gasteiger partial charge in [0.05, 0.1) is 23.8 Å². The summed E-state index contributed by atoms with van der Waals surface area (Å²) in [6.45, 7) is -2.42. The van der Waals surface area contributed by atoms with E-state index in [0.717, 1.165) is 16.0 Å². The molecular formula is C13H10F2N4OS. The van der Waals surface area contributed by atoms with E-state index >= 15 is 0 Å². The summed E-state index contributed by atoms with van der Waals surface area (Å²) in [5.74, 6) is 0.756. The molecular weight excluding hydrogens is 298 g/mol. The maximum atomic E-state index is 12.0. The van der Waals surface area contributed by atoms with Crippen LogP contribution in [0.15, 0.2) is 36.1 Å². The molecule has 0 aliphatic carbocycles. The minimum atomic E-state index is -2.84. The van der Waals surface area contributed by atoms with E-state index in [-0.39, 0.29) is 5.75 Å². The van der Waals surface area contributed by atoms with Crippen molar-refractivity contribution in [3.8, 4) is 5.75 Å². The van der Waals surface area contributed by atoms with Crippen LogP contribution in [0.3, 0.4) is 0 Å². The highest BCUT2D eigenvalue weighted by atomic mass is 32.1. The van der Waals surface area contributed by atoms with E-state index in [4.69, 9.17) is 0 Å². The van der Waals surface area contributed by atoms with Crippen LogP contribution in [0.2, 0.25) is 0 Å². The third-order valence-corrected chi connectivity index (χ3v) is 3.54. The summed E-state index contributed by atoms with van der Waals surface area (Å²) in [4.78, 5) is 13.3. The highest BCUT2D eigenvalue weighted by molar-refractivity contribution is 7.16. The van der Waals surface area contributed by atoms with Gasteiger partial charge < -0.3 is 10.1 Å². The van der Waals surface area contributed by atoms with Crippen molar-refractivity contribution in [2.24, 2.45) is 0 Å². The molecule has 0 saturated carbocycles. The average Bonchev–Trinajstić information content (AvgIpc) is 2.95. The lowest BCUT2D eigenvalue weighted by Crippen LogP contribution is -2.05. The number of halogens is 2. The molecule has 21 heavy (non-hydrogen) atoms. The molecule has 0 unspecified atom stereocenters. The summed E-state index contributed by atoms with van der Waals surface area (Å²) in [5, 5.41) is 6.04. The number of alkyl halides is 2. The molecule has 0 saturated heterocycles. The van der Waals surface area contributed by atoms with Gasteiger partial charge in [0.1, 0.15) is 22.7 Å². The molecule has 0 fully saturated rings. The summed E-state index contributed by atoms with van der Waals surface area (Å²) in [5.41, 5.74) is 0.693. The van der Waals surface area contributed by atoms with Gasteiger partial charge in [-0.1, -0.05) is 0 Å². The van der Waals surface area contributed by atoms with Gasteiger partial charge in [-0.05, 0) is 23.6 Å². The molecule has 1 N–H and O–H groups in total. The van der Waals surface area contributed by atoms with E-state index in [2.05, 4.69) is 25.0 Å². The van der Waals surface area contributed by atoms with Gasteiger partial charge in [-0.15, -0.1) is 11.3 Å². The van der Waals surface area contributed by atoms with Crippen LogP contribution in [0.5, 0.6) is 5.75 Å². The Bertz CT molecular complexity index is 732. The number of fused-ring (bicyclic) bond motifs is 1. The fraction of sp³-hybridized carbons (Fsp3) is 0.154. The van der Waals surface area contributed by atoms with Crippen molar-refractivity contribution in [2.45, 2.75) is 13.2 Å². The Morgan fingerprint density at radius 3 is 2.86 bits per heavy atom. The zero-order chi connectivity index (χ0) is 14.7. The van der Waals surface area contributed by atoms with Gasteiger partial charge in [-0.3, -0.25) is 4.98 Å². The first-order valence-corrected chi connectivity index (χ1v) is 6.92. The fourth-order valence-electron chi connectivity index (χ4n) is 1.79. The van der Waals surface area contributed by atoms with E-state index < -0.39 is 6.61 Å². The minimum absolute atomic E-state index is 0.0380. The molecule has 3 heterocycles. The third kappa shape index (κ3) is 3.22. The molecule has 108 valence electrons. The molecule has 3 aromatic heterocycles. The third-order valence-electron chi connectivity index (χ3n) is 2.72. The zero-order valence-corrected chi connectivity index (χ0v) is 11.5. The summed E-state index contributed by atoms with van der Waals surface area (Å²) < 4.78 is 28.3. The normalized spacial score (nSPS) is 11.0. The van der Waals surface area contributed by atoms with Crippen LogP contribution in [0.25, 0.3) is 10.2 Å². The molecule has 0 aliphatic heterocycles. The van der Waals surface area contributed by atoms with Crippen molar-refractivity contribution >= 4 is 27.4 Å². The zero-order valence-electron chi connectivity index (χ0n) is 10.7. The van der Waals surface area contributed by atoms with Crippen LogP contribution in [-0.4, -0.2) is 21.6 Å². The lowest BCUT2D eigenvalue weighted by atomic mass is 10.3. The second kappa shape index (κ2) is 5.96. The molecule has 3 aromatic rings. The van der Waals surface area contributed by atoms with Crippen LogP contribution >= 0.6 is 11.3 Å². The summed E-state index contributed by atoms with van der Waals surface area (Å²) >= 11 is 1.54. The Balaban J connectivity index is 1.68.